The standard InChI is InChI=1S/C17H26N2/c1-17(2,3)14-8-9-19(11-14)12-15-10-13-6-4-5-7-16(13)18-15/h4-7,14-15,18H,8-12H2,1-3H3. The van der Waals surface area contributed by atoms with E-state index in [0.29, 0.717) is 11.5 Å². The number of hydrogen-bond acceptors (Lipinski definition) is 2. The van der Waals surface area contributed by atoms with Gasteiger partial charge >= 0.3 is 0 Å². The van der Waals surface area contributed by atoms with Crippen molar-refractivity contribution in [2.24, 2.45) is 11.3 Å². The molecule has 1 aromatic carbocycles. The maximum atomic E-state index is 3.67. The number of hydrogen-bond donors (Lipinski definition) is 1. The fourth-order valence-corrected chi connectivity index (χ4v) is 3.50. The van der Waals surface area contributed by atoms with Crippen molar-refractivity contribution in [1.82, 2.24) is 4.90 Å². The van der Waals surface area contributed by atoms with Crippen molar-refractivity contribution >= 4 is 5.69 Å². The Morgan fingerprint density at radius 1 is 1.26 bits per heavy atom. The summed E-state index contributed by atoms with van der Waals surface area (Å²) in [7, 11) is 0. The number of benzene rings is 1. The van der Waals surface area contributed by atoms with Gasteiger partial charge in [-0.05, 0) is 42.3 Å². The molecule has 2 heterocycles. The minimum Gasteiger partial charge on any atom is -0.380 e. The molecular weight excluding hydrogens is 232 g/mol. The molecule has 0 saturated carbocycles. The van der Waals surface area contributed by atoms with Gasteiger partial charge in [-0.2, -0.15) is 0 Å². The quantitative estimate of drug-likeness (QED) is 0.874. The molecule has 19 heavy (non-hydrogen) atoms. The Morgan fingerprint density at radius 2 is 2.05 bits per heavy atom. The molecule has 1 saturated heterocycles. The molecule has 0 amide bonds. The van der Waals surface area contributed by atoms with Crippen LogP contribution in [0.3, 0.4) is 0 Å². The van der Waals surface area contributed by atoms with E-state index in [-0.39, 0.29) is 0 Å². The summed E-state index contributed by atoms with van der Waals surface area (Å²) in [6, 6.07) is 9.34. The molecule has 1 aromatic rings. The summed E-state index contributed by atoms with van der Waals surface area (Å²) in [6.45, 7) is 10.9. The van der Waals surface area contributed by atoms with Gasteiger partial charge in [0.1, 0.15) is 0 Å². The van der Waals surface area contributed by atoms with E-state index >= 15 is 0 Å². The van der Waals surface area contributed by atoms with Gasteiger partial charge in [0.25, 0.3) is 0 Å². The summed E-state index contributed by atoms with van der Waals surface area (Å²) in [6.07, 6.45) is 2.55. The first kappa shape index (κ1) is 13.0. The molecule has 2 unspecified atom stereocenters. The minimum absolute atomic E-state index is 0.459. The zero-order chi connectivity index (χ0) is 13.5. The van der Waals surface area contributed by atoms with Crippen LogP contribution in [0.25, 0.3) is 0 Å². The summed E-state index contributed by atoms with van der Waals surface area (Å²) in [5.41, 5.74) is 3.29. The molecular formula is C17H26N2. The molecule has 1 N–H and O–H groups in total. The largest absolute Gasteiger partial charge is 0.380 e. The van der Waals surface area contributed by atoms with E-state index in [1.54, 1.807) is 0 Å². The van der Waals surface area contributed by atoms with Crippen molar-refractivity contribution in [2.45, 2.75) is 39.7 Å². The van der Waals surface area contributed by atoms with Gasteiger partial charge in [-0.15, -0.1) is 0 Å². The van der Waals surface area contributed by atoms with Gasteiger partial charge in [0, 0.05) is 24.8 Å². The Hall–Kier alpha value is -1.02. The number of nitrogens with zero attached hydrogens (tertiary/aromatic N) is 1. The van der Waals surface area contributed by atoms with Crippen molar-refractivity contribution in [3.05, 3.63) is 29.8 Å². The molecule has 3 rings (SSSR count). The summed E-state index contributed by atoms with van der Waals surface area (Å²) in [5, 5.41) is 3.67. The van der Waals surface area contributed by atoms with Crippen LogP contribution in [0.4, 0.5) is 5.69 Å². The highest BCUT2D eigenvalue weighted by atomic mass is 15.2. The van der Waals surface area contributed by atoms with Crippen LogP contribution in [0.1, 0.15) is 32.8 Å². The lowest BCUT2D eigenvalue weighted by molar-refractivity contribution is 0.226. The summed E-state index contributed by atoms with van der Waals surface area (Å²) in [5.74, 6) is 0.858. The Labute approximate surface area is 117 Å². The van der Waals surface area contributed by atoms with Gasteiger partial charge in [-0.1, -0.05) is 39.0 Å². The molecule has 2 nitrogen and oxygen atoms in total. The van der Waals surface area contributed by atoms with Gasteiger partial charge in [-0.3, -0.25) is 0 Å². The number of rotatable bonds is 2. The highest BCUT2D eigenvalue weighted by Crippen LogP contribution is 2.34. The van der Waals surface area contributed by atoms with E-state index in [1.165, 1.54) is 43.7 Å². The van der Waals surface area contributed by atoms with E-state index in [4.69, 9.17) is 0 Å². The van der Waals surface area contributed by atoms with Gasteiger partial charge in [-0.25, -0.2) is 0 Å². The molecule has 2 heteroatoms. The second-order valence-electron chi connectivity index (χ2n) is 7.31. The lowest BCUT2D eigenvalue weighted by Gasteiger charge is -2.27. The number of nitrogens with one attached hydrogen (secondary N) is 1. The minimum atomic E-state index is 0.459. The number of fused-ring (bicyclic) bond motifs is 1. The molecule has 104 valence electrons. The smallest absolute Gasteiger partial charge is 0.0429 e. The fourth-order valence-electron chi connectivity index (χ4n) is 3.50. The Morgan fingerprint density at radius 3 is 2.74 bits per heavy atom. The fraction of sp³-hybridized carbons (Fsp3) is 0.647. The zero-order valence-corrected chi connectivity index (χ0v) is 12.4. The molecule has 2 aliphatic heterocycles. The predicted octanol–water partition coefficient (Wildman–Crippen LogP) is 3.39. The van der Waals surface area contributed by atoms with E-state index in [9.17, 15) is 0 Å². The van der Waals surface area contributed by atoms with Crippen molar-refractivity contribution in [1.29, 1.82) is 0 Å². The molecule has 0 aliphatic carbocycles. The van der Waals surface area contributed by atoms with Crippen LogP contribution in [0.2, 0.25) is 0 Å². The first-order valence-electron chi connectivity index (χ1n) is 7.59. The molecule has 0 bridgehead atoms. The van der Waals surface area contributed by atoms with Crippen LogP contribution < -0.4 is 5.32 Å². The maximum absolute atomic E-state index is 3.67. The second-order valence-corrected chi connectivity index (χ2v) is 7.31. The lowest BCUT2D eigenvalue weighted by atomic mass is 9.80. The molecule has 2 atom stereocenters. The number of anilines is 1. The number of likely N-dealkylation sites (tertiary alicyclic amines) is 1. The van der Waals surface area contributed by atoms with Crippen molar-refractivity contribution in [3.8, 4) is 0 Å². The SMILES string of the molecule is CC(C)(C)C1CCN(CC2Cc3ccccc3N2)C1. The summed E-state index contributed by atoms with van der Waals surface area (Å²) < 4.78 is 0. The van der Waals surface area contributed by atoms with Crippen LogP contribution >= 0.6 is 0 Å². The molecule has 0 radical (unpaired) electrons. The van der Waals surface area contributed by atoms with E-state index in [1.807, 2.05) is 0 Å². The Kier molecular flexibility index (Phi) is 3.30. The first-order valence-corrected chi connectivity index (χ1v) is 7.59. The van der Waals surface area contributed by atoms with E-state index < -0.39 is 0 Å². The van der Waals surface area contributed by atoms with E-state index in [0.717, 1.165) is 5.92 Å². The van der Waals surface area contributed by atoms with Crippen LogP contribution in [-0.2, 0) is 6.42 Å². The molecule has 0 aromatic heterocycles. The third kappa shape index (κ3) is 2.79. The monoisotopic (exact) mass is 258 g/mol. The second kappa shape index (κ2) is 4.82. The predicted molar refractivity (Wildman–Crippen MR) is 81.6 cm³/mol. The Bertz CT molecular complexity index is 422. The molecule has 1 fully saturated rings. The van der Waals surface area contributed by atoms with Crippen molar-refractivity contribution in [2.75, 3.05) is 25.0 Å². The topological polar surface area (TPSA) is 15.3 Å². The van der Waals surface area contributed by atoms with Gasteiger partial charge in [0.2, 0.25) is 0 Å². The van der Waals surface area contributed by atoms with Crippen LogP contribution in [0, 0.1) is 11.3 Å². The summed E-state index contributed by atoms with van der Waals surface area (Å²) >= 11 is 0. The highest BCUT2D eigenvalue weighted by Gasteiger charge is 2.33. The van der Waals surface area contributed by atoms with Crippen molar-refractivity contribution < 1.29 is 0 Å². The third-order valence-electron chi connectivity index (χ3n) is 4.82. The molecule has 0 spiro atoms. The maximum Gasteiger partial charge on any atom is 0.0429 e. The Balaban J connectivity index is 1.55. The molecule has 2 aliphatic rings. The van der Waals surface area contributed by atoms with Crippen LogP contribution in [-0.4, -0.2) is 30.6 Å². The lowest BCUT2D eigenvalue weighted by Crippen LogP contribution is -2.35. The number of para-hydroxylation sites is 1. The highest BCUT2D eigenvalue weighted by molar-refractivity contribution is 5.56. The van der Waals surface area contributed by atoms with Crippen LogP contribution in [0.15, 0.2) is 24.3 Å². The first-order chi connectivity index (χ1) is 9.02. The van der Waals surface area contributed by atoms with Crippen LogP contribution in [0.5, 0.6) is 0 Å². The zero-order valence-electron chi connectivity index (χ0n) is 12.4. The average molecular weight is 258 g/mol. The normalized spacial score (nSPS) is 27.3. The summed E-state index contributed by atoms with van der Waals surface area (Å²) in [4.78, 5) is 2.65. The van der Waals surface area contributed by atoms with Crippen molar-refractivity contribution in [3.63, 3.8) is 0 Å². The average Bonchev–Trinajstić information content (AvgIpc) is 2.94. The van der Waals surface area contributed by atoms with Gasteiger partial charge in [0.05, 0.1) is 0 Å². The van der Waals surface area contributed by atoms with E-state index in [2.05, 4.69) is 55.3 Å². The van der Waals surface area contributed by atoms with Gasteiger partial charge in [0.15, 0.2) is 0 Å². The third-order valence-corrected chi connectivity index (χ3v) is 4.82. The van der Waals surface area contributed by atoms with Gasteiger partial charge < -0.3 is 10.2 Å².